The molecule has 0 amide bonds. The standard InChI is InChI=1S/C6H9F2S/c7-6(8)9-5-3-1-2-4-5/h6H,1-4H2. The van der Waals surface area contributed by atoms with Crippen LogP contribution in [0.1, 0.15) is 25.7 Å². The Balaban J connectivity index is 2.11. The fourth-order valence-corrected chi connectivity index (χ4v) is 1.79. The van der Waals surface area contributed by atoms with E-state index in [1.54, 1.807) is 0 Å². The fourth-order valence-electron chi connectivity index (χ4n) is 1.01. The van der Waals surface area contributed by atoms with Gasteiger partial charge in [0.1, 0.15) is 0 Å². The molecule has 3 heteroatoms. The minimum absolute atomic E-state index is 0.745. The van der Waals surface area contributed by atoms with E-state index >= 15 is 0 Å². The van der Waals surface area contributed by atoms with E-state index in [0.717, 1.165) is 42.7 Å². The number of thioether (sulfide) groups is 1. The molecular weight excluding hydrogens is 142 g/mol. The molecular formula is C6H9F2S. The van der Waals surface area contributed by atoms with Crippen LogP contribution in [0.15, 0.2) is 0 Å². The quantitative estimate of drug-likeness (QED) is 0.584. The molecule has 0 spiro atoms. The van der Waals surface area contributed by atoms with Gasteiger partial charge in [-0.2, -0.15) is 8.78 Å². The molecule has 0 aromatic heterocycles. The van der Waals surface area contributed by atoms with Gasteiger partial charge in [0.15, 0.2) is 0 Å². The van der Waals surface area contributed by atoms with Crippen LogP contribution in [-0.2, 0) is 0 Å². The minimum atomic E-state index is -2.20. The van der Waals surface area contributed by atoms with E-state index in [-0.39, 0.29) is 0 Å². The van der Waals surface area contributed by atoms with Gasteiger partial charge in [0, 0.05) is 5.25 Å². The van der Waals surface area contributed by atoms with Gasteiger partial charge in [0.05, 0.1) is 0 Å². The summed E-state index contributed by atoms with van der Waals surface area (Å²) >= 11 is 0.745. The predicted octanol–water partition coefficient (Wildman–Crippen LogP) is 3.05. The fraction of sp³-hybridized carbons (Fsp3) is 0.833. The largest absolute Gasteiger partial charge is 0.285 e. The number of hydrogen-bond acceptors (Lipinski definition) is 1. The average molecular weight is 151 g/mol. The molecule has 1 fully saturated rings. The van der Waals surface area contributed by atoms with E-state index in [1.165, 1.54) is 0 Å². The molecule has 0 aliphatic heterocycles. The van der Waals surface area contributed by atoms with E-state index in [0.29, 0.717) is 0 Å². The molecule has 0 N–H and O–H groups in total. The topological polar surface area (TPSA) is 0 Å². The lowest BCUT2D eigenvalue weighted by Gasteiger charge is -2.04. The molecule has 0 bridgehead atoms. The highest BCUT2D eigenvalue weighted by Crippen LogP contribution is 2.39. The van der Waals surface area contributed by atoms with Crippen molar-refractivity contribution in [3.63, 3.8) is 0 Å². The zero-order valence-corrected chi connectivity index (χ0v) is 5.89. The summed E-state index contributed by atoms with van der Waals surface area (Å²) in [6, 6.07) is 0. The van der Waals surface area contributed by atoms with Crippen LogP contribution in [0.2, 0.25) is 0 Å². The number of hydrogen-bond donors (Lipinski definition) is 0. The summed E-state index contributed by atoms with van der Waals surface area (Å²) < 4.78 is 23.3. The maximum Gasteiger partial charge on any atom is 0.285 e. The third-order valence-electron chi connectivity index (χ3n) is 1.42. The number of alkyl halides is 2. The van der Waals surface area contributed by atoms with Crippen LogP contribution in [0, 0.1) is 5.25 Å². The van der Waals surface area contributed by atoms with Gasteiger partial charge in [-0.1, -0.05) is 24.6 Å². The first-order valence-corrected chi connectivity index (χ1v) is 3.96. The third-order valence-corrected chi connectivity index (χ3v) is 2.34. The van der Waals surface area contributed by atoms with Crippen molar-refractivity contribution >= 4 is 11.8 Å². The first kappa shape index (κ1) is 7.32. The Morgan fingerprint density at radius 3 is 2.22 bits per heavy atom. The molecule has 0 aromatic rings. The van der Waals surface area contributed by atoms with Crippen molar-refractivity contribution < 1.29 is 8.78 Å². The van der Waals surface area contributed by atoms with E-state index in [2.05, 4.69) is 0 Å². The zero-order chi connectivity index (χ0) is 6.69. The van der Waals surface area contributed by atoms with E-state index < -0.39 is 5.76 Å². The maximum atomic E-state index is 11.6. The number of rotatable bonds is 2. The van der Waals surface area contributed by atoms with Crippen LogP contribution < -0.4 is 0 Å². The molecule has 0 saturated heterocycles. The summed E-state index contributed by atoms with van der Waals surface area (Å²) in [6.45, 7) is 0. The molecule has 0 heterocycles. The Kier molecular flexibility index (Phi) is 2.76. The van der Waals surface area contributed by atoms with E-state index in [1.807, 2.05) is 0 Å². The van der Waals surface area contributed by atoms with Crippen LogP contribution in [0.4, 0.5) is 8.78 Å². The Morgan fingerprint density at radius 1 is 1.22 bits per heavy atom. The Labute approximate surface area is 58.0 Å². The second kappa shape index (κ2) is 3.40. The Bertz CT molecular complexity index is 79.1. The lowest BCUT2D eigenvalue weighted by molar-refractivity contribution is 0.252. The van der Waals surface area contributed by atoms with Gasteiger partial charge in [0.25, 0.3) is 5.76 Å². The van der Waals surface area contributed by atoms with Crippen molar-refractivity contribution in [2.45, 2.75) is 31.4 Å². The molecule has 0 nitrogen and oxygen atoms in total. The highest BCUT2D eigenvalue weighted by atomic mass is 32.2. The van der Waals surface area contributed by atoms with Crippen molar-refractivity contribution in [2.75, 3.05) is 0 Å². The molecule has 0 aromatic carbocycles. The van der Waals surface area contributed by atoms with Crippen LogP contribution in [-0.4, -0.2) is 5.76 Å². The zero-order valence-electron chi connectivity index (χ0n) is 5.07. The monoisotopic (exact) mass is 151 g/mol. The summed E-state index contributed by atoms with van der Waals surface area (Å²) in [5, 5.41) is 0.991. The van der Waals surface area contributed by atoms with Crippen molar-refractivity contribution in [1.29, 1.82) is 0 Å². The van der Waals surface area contributed by atoms with E-state index in [9.17, 15) is 8.78 Å². The summed E-state index contributed by atoms with van der Waals surface area (Å²) in [5.41, 5.74) is 0. The highest BCUT2D eigenvalue weighted by Gasteiger charge is 2.20. The lowest BCUT2D eigenvalue weighted by Crippen LogP contribution is -1.88. The molecule has 0 atom stereocenters. The molecule has 1 aliphatic rings. The van der Waals surface area contributed by atoms with Crippen molar-refractivity contribution in [1.82, 2.24) is 0 Å². The summed E-state index contributed by atoms with van der Waals surface area (Å²) in [6.07, 6.45) is 4.04. The summed E-state index contributed by atoms with van der Waals surface area (Å²) in [4.78, 5) is 0. The van der Waals surface area contributed by atoms with Gasteiger partial charge >= 0.3 is 0 Å². The van der Waals surface area contributed by atoms with Gasteiger partial charge < -0.3 is 0 Å². The van der Waals surface area contributed by atoms with Crippen molar-refractivity contribution in [3.8, 4) is 0 Å². The Morgan fingerprint density at radius 2 is 1.78 bits per heavy atom. The summed E-state index contributed by atoms with van der Waals surface area (Å²) in [5.74, 6) is -2.20. The maximum absolute atomic E-state index is 11.6. The molecule has 1 saturated carbocycles. The number of halogens is 2. The van der Waals surface area contributed by atoms with Crippen LogP contribution in [0.3, 0.4) is 0 Å². The smallest absolute Gasteiger partial charge is 0.198 e. The van der Waals surface area contributed by atoms with Crippen LogP contribution >= 0.6 is 11.8 Å². The first-order chi connectivity index (χ1) is 4.29. The predicted molar refractivity (Wildman–Crippen MR) is 35.3 cm³/mol. The lowest BCUT2D eigenvalue weighted by atomic mass is 10.4. The molecule has 1 radical (unpaired) electrons. The highest BCUT2D eigenvalue weighted by molar-refractivity contribution is 8.02. The normalized spacial score (nSPS) is 21.7. The average Bonchev–Trinajstić information content (AvgIpc) is 2.15. The van der Waals surface area contributed by atoms with Crippen LogP contribution in [0.5, 0.6) is 0 Å². The first-order valence-electron chi connectivity index (χ1n) is 3.08. The third kappa shape index (κ3) is 2.52. The second-order valence-electron chi connectivity index (χ2n) is 2.12. The molecule has 9 heavy (non-hydrogen) atoms. The second-order valence-corrected chi connectivity index (χ2v) is 3.29. The van der Waals surface area contributed by atoms with E-state index in [4.69, 9.17) is 0 Å². The van der Waals surface area contributed by atoms with Gasteiger partial charge in [-0.05, 0) is 12.8 Å². The molecule has 1 aliphatic carbocycles. The minimum Gasteiger partial charge on any atom is -0.198 e. The van der Waals surface area contributed by atoms with Crippen molar-refractivity contribution in [2.24, 2.45) is 0 Å². The summed E-state index contributed by atoms with van der Waals surface area (Å²) in [7, 11) is 0. The van der Waals surface area contributed by atoms with Gasteiger partial charge in [0.2, 0.25) is 0 Å². The van der Waals surface area contributed by atoms with Gasteiger partial charge in [-0.15, -0.1) is 0 Å². The van der Waals surface area contributed by atoms with Crippen LogP contribution in [0.25, 0.3) is 0 Å². The Hall–Kier alpha value is 0.210. The van der Waals surface area contributed by atoms with Gasteiger partial charge in [-0.25, -0.2) is 0 Å². The van der Waals surface area contributed by atoms with Crippen molar-refractivity contribution in [3.05, 3.63) is 5.25 Å². The molecule has 0 unspecified atom stereocenters. The SMILES string of the molecule is FC(F)S[C]1CCCC1. The molecule has 1 rings (SSSR count). The molecule has 53 valence electrons. The van der Waals surface area contributed by atoms with Gasteiger partial charge in [-0.3, -0.25) is 0 Å².